The first-order valence-corrected chi connectivity index (χ1v) is 4.35. The Morgan fingerprint density at radius 2 is 2.09 bits per heavy atom. The van der Waals surface area contributed by atoms with Crippen LogP contribution in [0.15, 0.2) is 0 Å². The second-order valence-corrected chi connectivity index (χ2v) is 4.09. The van der Waals surface area contributed by atoms with E-state index in [2.05, 4.69) is 0 Å². The fourth-order valence-electron chi connectivity index (χ4n) is 2.06. The standard InChI is InChI=1S/C9H18O2/c1-6-8(7(2)10)4-5-9(6,3)11/h6-8,10-11H,4-5H2,1-3H3/t6-,7?,8+,9-/m0/s1. The molecule has 66 valence electrons. The molecule has 4 atom stereocenters. The average Bonchev–Trinajstić information content (AvgIpc) is 2.09. The maximum atomic E-state index is 9.77. The fourth-order valence-corrected chi connectivity index (χ4v) is 2.06. The van der Waals surface area contributed by atoms with Crippen molar-refractivity contribution < 1.29 is 10.2 Å². The van der Waals surface area contributed by atoms with Crippen molar-refractivity contribution in [2.24, 2.45) is 11.8 Å². The van der Waals surface area contributed by atoms with Gasteiger partial charge in [-0.3, -0.25) is 0 Å². The first kappa shape index (κ1) is 9.01. The molecule has 2 N–H and O–H groups in total. The summed E-state index contributed by atoms with van der Waals surface area (Å²) in [4.78, 5) is 0. The van der Waals surface area contributed by atoms with Crippen molar-refractivity contribution >= 4 is 0 Å². The Balaban J connectivity index is 2.63. The number of aliphatic hydroxyl groups is 2. The summed E-state index contributed by atoms with van der Waals surface area (Å²) in [7, 11) is 0. The topological polar surface area (TPSA) is 40.5 Å². The highest BCUT2D eigenvalue weighted by molar-refractivity contribution is 4.93. The van der Waals surface area contributed by atoms with Gasteiger partial charge in [-0.15, -0.1) is 0 Å². The lowest BCUT2D eigenvalue weighted by molar-refractivity contribution is -0.00117. The second kappa shape index (κ2) is 2.76. The highest BCUT2D eigenvalue weighted by atomic mass is 16.3. The SMILES string of the molecule is CC(O)[C@@H]1CC[C@](C)(O)[C@H]1C. The normalized spacial score (nSPS) is 47.7. The first-order valence-electron chi connectivity index (χ1n) is 4.35. The summed E-state index contributed by atoms with van der Waals surface area (Å²) < 4.78 is 0. The molecular formula is C9H18O2. The molecule has 0 amide bonds. The zero-order valence-electron chi connectivity index (χ0n) is 7.54. The van der Waals surface area contributed by atoms with Gasteiger partial charge in [0.1, 0.15) is 0 Å². The van der Waals surface area contributed by atoms with E-state index in [1.54, 1.807) is 0 Å². The Labute approximate surface area is 68.2 Å². The van der Waals surface area contributed by atoms with Gasteiger partial charge in [-0.2, -0.15) is 0 Å². The summed E-state index contributed by atoms with van der Waals surface area (Å²) >= 11 is 0. The molecule has 0 aromatic carbocycles. The van der Waals surface area contributed by atoms with Crippen LogP contribution in [-0.4, -0.2) is 21.9 Å². The van der Waals surface area contributed by atoms with Gasteiger partial charge >= 0.3 is 0 Å². The molecule has 1 rings (SSSR count). The van der Waals surface area contributed by atoms with Gasteiger partial charge in [0.2, 0.25) is 0 Å². The molecule has 1 saturated carbocycles. The molecule has 0 aliphatic heterocycles. The lowest BCUT2D eigenvalue weighted by Crippen LogP contribution is -2.32. The van der Waals surface area contributed by atoms with Crippen LogP contribution in [-0.2, 0) is 0 Å². The third kappa shape index (κ3) is 1.57. The van der Waals surface area contributed by atoms with Crippen LogP contribution in [0.3, 0.4) is 0 Å². The number of rotatable bonds is 1. The molecule has 1 fully saturated rings. The van der Waals surface area contributed by atoms with Crippen LogP contribution < -0.4 is 0 Å². The third-order valence-electron chi connectivity index (χ3n) is 3.23. The van der Waals surface area contributed by atoms with Crippen LogP contribution in [0.5, 0.6) is 0 Å². The molecule has 1 aliphatic carbocycles. The van der Waals surface area contributed by atoms with E-state index in [-0.39, 0.29) is 17.9 Å². The number of hydrogen-bond donors (Lipinski definition) is 2. The second-order valence-electron chi connectivity index (χ2n) is 4.09. The zero-order valence-corrected chi connectivity index (χ0v) is 7.54. The van der Waals surface area contributed by atoms with Gasteiger partial charge in [0, 0.05) is 0 Å². The Hall–Kier alpha value is -0.0800. The molecule has 0 heterocycles. The van der Waals surface area contributed by atoms with E-state index in [1.807, 2.05) is 20.8 Å². The van der Waals surface area contributed by atoms with Gasteiger partial charge < -0.3 is 10.2 Å². The minimum atomic E-state index is -0.554. The van der Waals surface area contributed by atoms with Gasteiger partial charge in [-0.05, 0) is 38.5 Å². The summed E-state index contributed by atoms with van der Waals surface area (Å²) in [6.07, 6.45) is 1.49. The van der Waals surface area contributed by atoms with E-state index in [0.717, 1.165) is 12.8 Å². The largest absolute Gasteiger partial charge is 0.393 e. The summed E-state index contributed by atoms with van der Waals surface area (Å²) in [6, 6.07) is 0. The van der Waals surface area contributed by atoms with Crippen molar-refractivity contribution in [1.82, 2.24) is 0 Å². The molecule has 1 aliphatic rings. The Bertz CT molecular complexity index is 140. The van der Waals surface area contributed by atoms with Crippen LogP contribution in [0.2, 0.25) is 0 Å². The quantitative estimate of drug-likeness (QED) is 0.601. The minimum absolute atomic E-state index is 0.225. The number of aliphatic hydroxyl groups excluding tert-OH is 1. The minimum Gasteiger partial charge on any atom is -0.393 e. The van der Waals surface area contributed by atoms with Crippen molar-refractivity contribution in [3.05, 3.63) is 0 Å². The Morgan fingerprint density at radius 3 is 2.27 bits per heavy atom. The first-order chi connectivity index (χ1) is 4.95. The van der Waals surface area contributed by atoms with Crippen LogP contribution in [0.4, 0.5) is 0 Å². The predicted octanol–water partition coefficient (Wildman–Crippen LogP) is 1.16. The maximum absolute atomic E-state index is 9.77. The molecule has 0 aromatic rings. The summed E-state index contributed by atoms with van der Waals surface area (Å²) in [6.45, 7) is 5.69. The van der Waals surface area contributed by atoms with Gasteiger partial charge in [0.25, 0.3) is 0 Å². The van der Waals surface area contributed by atoms with Gasteiger partial charge in [-0.1, -0.05) is 6.92 Å². The zero-order chi connectivity index (χ0) is 8.65. The van der Waals surface area contributed by atoms with Crippen molar-refractivity contribution in [3.8, 4) is 0 Å². The number of hydrogen-bond acceptors (Lipinski definition) is 2. The molecule has 0 radical (unpaired) electrons. The lowest BCUT2D eigenvalue weighted by Gasteiger charge is -2.26. The van der Waals surface area contributed by atoms with Crippen LogP contribution in [0, 0.1) is 11.8 Å². The van der Waals surface area contributed by atoms with E-state index in [0.29, 0.717) is 0 Å². The predicted molar refractivity (Wildman–Crippen MR) is 44.2 cm³/mol. The highest BCUT2D eigenvalue weighted by Crippen LogP contribution is 2.41. The van der Waals surface area contributed by atoms with E-state index in [4.69, 9.17) is 0 Å². The van der Waals surface area contributed by atoms with Crippen molar-refractivity contribution in [2.45, 2.75) is 45.3 Å². The molecule has 0 bridgehead atoms. The van der Waals surface area contributed by atoms with Crippen LogP contribution >= 0.6 is 0 Å². The molecule has 2 heteroatoms. The lowest BCUT2D eigenvalue weighted by atomic mass is 9.86. The monoisotopic (exact) mass is 158 g/mol. The van der Waals surface area contributed by atoms with Crippen molar-refractivity contribution in [2.75, 3.05) is 0 Å². The van der Waals surface area contributed by atoms with Gasteiger partial charge in [-0.25, -0.2) is 0 Å². The molecule has 2 nitrogen and oxygen atoms in total. The molecule has 0 spiro atoms. The van der Waals surface area contributed by atoms with Crippen LogP contribution in [0.25, 0.3) is 0 Å². The van der Waals surface area contributed by atoms with E-state index >= 15 is 0 Å². The smallest absolute Gasteiger partial charge is 0.0648 e. The van der Waals surface area contributed by atoms with Gasteiger partial charge in [0.05, 0.1) is 11.7 Å². The summed E-state index contributed by atoms with van der Waals surface area (Å²) in [5.41, 5.74) is -0.554. The molecular weight excluding hydrogens is 140 g/mol. The summed E-state index contributed by atoms with van der Waals surface area (Å²) in [5.74, 6) is 0.507. The third-order valence-corrected chi connectivity index (χ3v) is 3.23. The van der Waals surface area contributed by atoms with Crippen molar-refractivity contribution in [1.29, 1.82) is 0 Å². The molecule has 1 unspecified atom stereocenters. The summed E-state index contributed by atoms with van der Waals surface area (Å²) in [5, 5.41) is 19.1. The molecule has 0 aromatic heterocycles. The van der Waals surface area contributed by atoms with Crippen molar-refractivity contribution in [3.63, 3.8) is 0 Å². The molecule has 0 saturated heterocycles. The van der Waals surface area contributed by atoms with E-state index in [1.165, 1.54) is 0 Å². The van der Waals surface area contributed by atoms with E-state index in [9.17, 15) is 10.2 Å². The average molecular weight is 158 g/mol. The molecule has 11 heavy (non-hydrogen) atoms. The fraction of sp³-hybridized carbons (Fsp3) is 1.00. The Morgan fingerprint density at radius 1 is 1.55 bits per heavy atom. The maximum Gasteiger partial charge on any atom is 0.0648 e. The Kier molecular flexibility index (Phi) is 2.26. The highest BCUT2D eigenvalue weighted by Gasteiger charge is 2.42. The van der Waals surface area contributed by atoms with E-state index < -0.39 is 5.60 Å². The van der Waals surface area contributed by atoms with Crippen LogP contribution in [0.1, 0.15) is 33.6 Å². The van der Waals surface area contributed by atoms with Gasteiger partial charge in [0.15, 0.2) is 0 Å².